The predicted molar refractivity (Wildman–Crippen MR) is 221 cm³/mol. The maximum absolute atomic E-state index is 10.1. The fourth-order valence-electron chi connectivity index (χ4n) is 7.39. The molecule has 0 aromatic heterocycles. The number of phenolic OH excluding ortho intramolecular Hbond substituents is 2. The largest absolute Gasteiger partial charge is 0.508 e. The molecule has 0 saturated heterocycles. The number of unbranched alkanes of at least 4 members (excludes halogenated alkanes) is 9. The average Bonchev–Trinajstić information content (AvgIpc) is 2.99. The Morgan fingerprint density at radius 1 is 0.531 bits per heavy atom. The van der Waals surface area contributed by atoms with Gasteiger partial charge in [-0.1, -0.05) is 115 Å². The topological polar surface area (TPSA) is 68.2 Å². The van der Waals surface area contributed by atoms with Crippen LogP contribution in [-0.2, 0) is 12.3 Å². The second kappa shape index (κ2) is 20.7. The van der Waals surface area contributed by atoms with E-state index in [9.17, 15) is 10.2 Å². The number of hydrogen-bond donors (Lipinski definition) is 2. The molecule has 1 atom stereocenters. The van der Waals surface area contributed by atoms with Crippen LogP contribution in [0.3, 0.4) is 0 Å². The Kier molecular flexibility index (Phi) is 18.6. The minimum Gasteiger partial charge on any atom is -0.508 e. The lowest BCUT2D eigenvalue weighted by Crippen LogP contribution is -2.57. The molecular formula is C40H74O5Si4. The van der Waals surface area contributed by atoms with Gasteiger partial charge in [0.05, 0.1) is 0 Å². The highest BCUT2D eigenvalue weighted by Gasteiger charge is 2.45. The normalized spacial score (nSPS) is 14.0. The van der Waals surface area contributed by atoms with E-state index in [-0.39, 0.29) is 5.92 Å². The van der Waals surface area contributed by atoms with Crippen molar-refractivity contribution < 1.29 is 22.6 Å². The molecule has 0 aliphatic carbocycles. The third-order valence-corrected chi connectivity index (χ3v) is 26.0. The third kappa shape index (κ3) is 16.8. The van der Waals surface area contributed by atoms with Gasteiger partial charge in [-0.05, 0) is 119 Å². The molecule has 0 aliphatic rings. The lowest BCUT2D eigenvalue weighted by atomic mass is 9.85. The van der Waals surface area contributed by atoms with Crippen molar-refractivity contribution in [2.45, 2.75) is 181 Å². The van der Waals surface area contributed by atoms with Crippen LogP contribution >= 0.6 is 0 Å². The Labute approximate surface area is 306 Å². The predicted octanol–water partition coefficient (Wildman–Crippen LogP) is 13.2. The lowest BCUT2D eigenvalue weighted by molar-refractivity contribution is 0.318. The summed E-state index contributed by atoms with van der Waals surface area (Å²) < 4.78 is 21.2. The smallest absolute Gasteiger partial charge is 0.315 e. The van der Waals surface area contributed by atoms with Crippen LogP contribution in [0.5, 0.6) is 11.5 Å². The second-order valence-electron chi connectivity index (χ2n) is 16.6. The van der Waals surface area contributed by atoms with Crippen molar-refractivity contribution in [3.63, 3.8) is 0 Å². The highest BCUT2D eigenvalue weighted by molar-refractivity contribution is 6.89. The molecule has 0 fully saturated rings. The zero-order chi connectivity index (χ0) is 36.7. The summed E-state index contributed by atoms with van der Waals surface area (Å²) in [6, 6.07) is 15.5. The molecule has 2 aromatic carbocycles. The molecule has 5 nitrogen and oxygen atoms in total. The molecule has 1 unspecified atom stereocenters. The zero-order valence-corrected chi connectivity index (χ0v) is 37.5. The maximum Gasteiger partial charge on any atom is 0.315 e. The molecule has 0 spiro atoms. The van der Waals surface area contributed by atoms with Crippen molar-refractivity contribution in [3.05, 3.63) is 58.7 Å². The molecule has 0 bridgehead atoms. The third-order valence-electron chi connectivity index (χ3n) is 9.86. The van der Waals surface area contributed by atoms with E-state index < -0.39 is 33.8 Å². The minimum atomic E-state index is -2.37. The summed E-state index contributed by atoms with van der Waals surface area (Å²) in [7, 11) is -8.25. The van der Waals surface area contributed by atoms with Crippen LogP contribution in [0.1, 0.15) is 125 Å². The summed E-state index contributed by atoms with van der Waals surface area (Å²) in [5.74, 6) is 0.953. The average molecular weight is 747 g/mol. The molecule has 0 aliphatic heterocycles. The van der Waals surface area contributed by atoms with Crippen LogP contribution in [0.15, 0.2) is 36.4 Å². The van der Waals surface area contributed by atoms with E-state index in [2.05, 4.69) is 83.9 Å². The van der Waals surface area contributed by atoms with Gasteiger partial charge in [0.15, 0.2) is 16.6 Å². The van der Waals surface area contributed by atoms with E-state index in [4.69, 9.17) is 12.3 Å². The van der Waals surface area contributed by atoms with Gasteiger partial charge in [-0.25, -0.2) is 0 Å². The van der Waals surface area contributed by atoms with Crippen molar-refractivity contribution in [3.8, 4) is 11.5 Å². The number of aryl methyl sites for hydroxylation is 2. The van der Waals surface area contributed by atoms with Crippen LogP contribution in [-0.4, -0.2) is 44.0 Å². The van der Waals surface area contributed by atoms with Gasteiger partial charge in [0, 0.05) is 5.92 Å². The zero-order valence-electron chi connectivity index (χ0n) is 33.5. The number of benzene rings is 2. The second-order valence-corrected chi connectivity index (χ2v) is 32.6. The van der Waals surface area contributed by atoms with E-state index in [1.54, 1.807) is 0 Å². The molecule has 280 valence electrons. The molecule has 0 saturated carbocycles. The van der Waals surface area contributed by atoms with E-state index >= 15 is 0 Å². The highest BCUT2D eigenvalue weighted by atomic mass is 28.5. The molecule has 9 heteroatoms. The van der Waals surface area contributed by atoms with E-state index in [0.29, 0.717) is 11.5 Å². The van der Waals surface area contributed by atoms with Crippen molar-refractivity contribution in [2.75, 3.05) is 0 Å². The first kappa shape index (κ1) is 43.9. The Bertz CT molecular complexity index is 1200. The molecule has 0 heterocycles. The van der Waals surface area contributed by atoms with Gasteiger partial charge in [0.25, 0.3) is 0 Å². The van der Waals surface area contributed by atoms with Gasteiger partial charge >= 0.3 is 17.1 Å². The first-order valence-electron chi connectivity index (χ1n) is 19.6. The van der Waals surface area contributed by atoms with Crippen LogP contribution in [0, 0.1) is 13.8 Å². The highest BCUT2D eigenvalue weighted by Crippen LogP contribution is 2.35. The monoisotopic (exact) mass is 746 g/mol. The van der Waals surface area contributed by atoms with Crippen LogP contribution in [0.25, 0.3) is 0 Å². The van der Waals surface area contributed by atoms with Crippen molar-refractivity contribution in [1.29, 1.82) is 0 Å². The summed E-state index contributed by atoms with van der Waals surface area (Å²) in [4.78, 5) is 0. The van der Waals surface area contributed by atoms with Crippen LogP contribution in [0.4, 0.5) is 0 Å². The number of rotatable bonds is 25. The van der Waals surface area contributed by atoms with Gasteiger partial charge in [-0.15, -0.1) is 0 Å². The molecule has 0 amide bonds. The standard InChI is InChI=1S/C40H74O5Si4/c1-12-14-29-46(5,6)43-48(9,10)45-49(11,44-47(7,8)30-15-13-2)31-23-21-19-17-16-18-20-22-24-38(36-25-27-39(41)34(3)32-36)37-26-28-40(42)35(4)33-37/h25-28,32-33,38,41-42H,12-24,29-31H2,1-11H3. The van der Waals surface area contributed by atoms with Crippen LogP contribution < -0.4 is 0 Å². The fraction of sp³-hybridized carbons (Fsp3) is 0.700. The summed E-state index contributed by atoms with van der Waals surface area (Å²) >= 11 is 0. The molecule has 2 aromatic rings. The summed E-state index contributed by atoms with van der Waals surface area (Å²) in [6.07, 6.45) is 15.9. The Morgan fingerprint density at radius 2 is 0.959 bits per heavy atom. The molecule has 0 radical (unpaired) electrons. The van der Waals surface area contributed by atoms with Gasteiger partial charge in [-0.3, -0.25) is 0 Å². The maximum atomic E-state index is 10.1. The van der Waals surface area contributed by atoms with Gasteiger partial charge in [-0.2, -0.15) is 0 Å². The lowest BCUT2D eigenvalue weighted by Gasteiger charge is -2.42. The molecular weight excluding hydrogens is 673 g/mol. The van der Waals surface area contributed by atoms with E-state index in [1.807, 2.05) is 26.0 Å². The van der Waals surface area contributed by atoms with Gasteiger partial charge in [0.2, 0.25) is 0 Å². The summed E-state index contributed by atoms with van der Waals surface area (Å²) in [5.41, 5.74) is 4.29. The van der Waals surface area contributed by atoms with Gasteiger partial charge < -0.3 is 22.6 Å². The van der Waals surface area contributed by atoms with Crippen molar-refractivity contribution in [1.82, 2.24) is 0 Å². The van der Waals surface area contributed by atoms with Crippen molar-refractivity contribution >= 4 is 33.8 Å². The van der Waals surface area contributed by atoms with E-state index in [0.717, 1.165) is 23.6 Å². The SMILES string of the molecule is CCCC[Si](C)(C)O[Si](C)(C)O[Si](C)(CCCCCCCCCCC(c1ccc(O)c(C)c1)c1ccc(O)c(C)c1)O[Si](C)(C)CCCC. The quantitative estimate of drug-likeness (QED) is 0.0782. The molecule has 2 N–H and O–H groups in total. The Balaban J connectivity index is 1.87. The first-order chi connectivity index (χ1) is 22.9. The fourth-order valence-corrected chi connectivity index (χ4v) is 27.6. The van der Waals surface area contributed by atoms with Crippen molar-refractivity contribution in [2.24, 2.45) is 0 Å². The summed E-state index contributed by atoms with van der Waals surface area (Å²) in [6.45, 7) is 24.9. The Hall–Kier alpha value is -1.21. The number of hydrogen-bond acceptors (Lipinski definition) is 5. The molecule has 2 rings (SSSR count). The minimum absolute atomic E-state index is 0.264. The molecule has 49 heavy (non-hydrogen) atoms. The van der Waals surface area contributed by atoms with E-state index in [1.165, 1.54) is 100 Å². The number of aromatic hydroxyl groups is 2. The summed E-state index contributed by atoms with van der Waals surface area (Å²) in [5, 5.41) is 20.2. The number of phenols is 2. The first-order valence-corrected chi connectivity index (χ1v) is 31.2. The van der Waals surface area contributed by atoms with Gasteiger partial charge in [0.1, 0.15) is 11.5 Å². The Morgan fingerprint density at radius 3 is 1.41 bits per heavy atom. The van der Waals surface area contributed by atoms with Crippen LogP contribution in [0.2, 0.25) is 64.0 Å².